The van der Waals surface area contributed by atoms with Gasteiger partial charge in [-0.25, -0.2) is 4.79 Å². The Balaban J connectivity index is 2.81. The Morgan fingerprint density at radius 1 is 1.17 bits per heavy atom. The number of hydrogen-bond acceptors (Lipinski definition) is 5. The average molecular weight is 249 g/mol. The number of benzene rings is 1. The molecule has 5 heteroatoms. The van der Waals surface area contributed by atoms with Gasteiger partial charge in [0.15, 0.2) is 0 Å². The van der Waals surface area contributed by atoms with Gasteiger partial charge >= 0.3 is 11.9 Å². The van der Waals surface area contributed by atoms with Gasteiger partial charge in [-0.1, -0.05) is 18.2 Å². The largest absolute Gasteiger partial charge is 0.469 e. The molecule has 1 N–H and O–H groups in total. The molecule has 18 heavy (non-hydrogen) atoms. The van der Waals surface area contributed by atoms with E-state index in [0.29, 0.717) is 5.70 Å². The molecule has 0 saturated heterocycles. The van der Waals surface area contributed by atoms with Gasteiger partial charge in [0.25, 0.3) is 0 Å². The fourth-order valence-electron chi connectivity index (χ4n) is 1.27. The molecule has 0 atom stereocenters. The predicted octanol–water partition coefficient (Wildman–Crippen LogP) is 1.72. The van der Waals surface area contributed by atoms with Crippen molar-refractivity contribution in [3.05, 3.63) is 42.1 Å². The third kappa shape index (κ3) is 4.69. The zero-order valence-electron chi connectivity index (χ0n) is 10.3. The summed E-state index contributed by atoms with van der Waals surface area (Å²) in [4.78, 5) is 22.4. The van der Waals surface area contributed by atoms with Crippen LogP contribution in [0.15, 0.2) is 42.1 Å². The molecule has 0 heterocycles. The first-order valence-electron chi connectivity index (χ1n) is 5.33. The smallest absolute Gasteiger partial charge is 0.332 e. The quantitative estimate of drug-likeness (QED) is 0.635. The Kier molecular flexibility index (Phi) is 5.44. The van der Waals surface area contributed by atoms with Crippen LogP contribution >= 0.6 is 0 Å². The van der Waals surface area contributed by atoms with Gasteiger partial charge in [0, 0.05) is 17.5 Å². The highest BCUT2D eigenvalue weighted by Crippen LogP contribution is 2.12. The van der Waals surface area contributed by atoms with Gasteiger partial charge < -0.3 is 14.8 Å². The lowest BCUT2D eigenvalue weighted by molar-refractivity contribution is -0.139. The van der Waals surface area contributed by atoms with Crippen LogP contribution in [0.4, 0.5) is 5.69 Å². The number of hydrogen-bond donors (Lipinski definition) is 1. The summed E-state index contributed by atoms with van der Waals surface area (Å²) >= 11 is 0. The summed E-state index contributed by atoms with van der Waals surface area (Å²) in [5.74, 6) is -0.967. The fourth-order valence-corrected chi connectivity index (χ4v) is 1.27. The normalized spacial score (nSPS) is 10.7. The van der Waals surface area contributed by atoms with E-state index in [1.807, 2.05) is 30.3 Å². The number of para-hydroxylation sites is 1. The van der Waals surface area contributed by atoms with E-state index in [9.17, 15) is 9.59 Å². The van der Waals surface area contributed by atoms with Gasteiger partial charge in [0.1, 0.15) is 0 Å². The van der Waals surface area contributed by atoms with Crippen LogP contribution in [0, 0.1) is 0 Å². The third-order valence-electron chi connectivity index (χ3n) is 2.13. The molecule has 0 spiro atoms. The zero-order chi connectivity index (χ0) is 13.4. The predicted molar refractivity (Wildman–Crippen MR) is 66.8 cm³/mol. The molecular formula is C13H15NO4. The molecule has 1 rings (SSSR count). The highest BCUT2D eigenvalue weighted by atomic mass is 16.5. The number of methoxy groups -OCH3 is 2. The molecule has 1 aromatic rings. The van der Waals surface area contributed by atoms with Crippen LogP contribution in [-0.2, 0) is 19.1 Å². The highest BCUT2D eigenvalue weighted by molar-refractivity contribution is 5.85. The SMILES string of the molecule is COC(=O)C=C(CC(=O)OC)Nc1ccccc1. The first kappa shape index (κ1) is 13.8. The van der Waals surface area contributed by atoms with Crippen LogP contribution in [0.2, 0.25) is 0 Å². The summed E-state index contributed by atoms with van der Waals surface area (Å²) < 4.78 is 9.09. The molecule has 0 unspecified atom stereocenters. The topological polar surface area (TPSA) is 64.6 Å². The minimum absolute atomic E-state index is 0.0273. The van der Waals surface area contributed by atoms with Crippen molar-refractivity contribution < 1.29 is 19.1 Å². The van der Waals surface area contributed by atoms with E-state index >= 15 is 0 Å². The van der Waals surface area contributed by atoms with E-state index in [0.717, 1.165) is 5.69 Å². The lowest BCUT2D eigenvalue weighted by Gasteiger charge is -2.09. The van der Waals surface area contributed by atoms with Crippen molar-refractivity contribution in [1.82, 2.24) is 0 Å². The van der Waals surface area contributed by atoms with Crippen molar-refractivity contribution in [1.29, 1.82) is 0 Å². The summed E-state index contributed by atoms with van der Waals surface area (Å²) in [6.45, 7) is 0. The molecule has 0 amide bonds. The van der Waals surface area contributed by atoms with Crippen LogP contribution in [0.25, 0.3) is 0 Å². The number of nitrogens with one attached hydrogen (secondary N) is 1. The number of carbonyl (C=O) groups is 2. The summed E-state index contributed by atoms with van der Waals surface area (Å²) in [6.07, 6.45) is 1.20. The average Bonchev–Trinajstić information content (AvgIpc) is 2.39. The Labute approximate surface area is 105 Å². The molecule has 0 aliphatic rings. The van der Waals surface area contributed by atoms with E-state index in [1.54, 1.807) is 0 Å². The zero-order valence-corrected chi connectivity index (χ0v) is 10.3. The second kappa shape index (κ2) is 7.11. The van der Waals surface area contributed by atoms with E-state index < -0.39 is 11.9 Å². The highest BCUT2D eigenvalue weighted by Gasteiger charge is 2.08. The standard InChI is InChI=1S/C13H15NO4/c1-17-12(15)8-11(9-13(16)18-2)14-10-6-4-3-5-7-10/h3-8,14H,9H2,1-2H3. The molecular weight excluding hydrogens is 234 g/mol. The van der Waals surface area contributed by atoms with Crippen molar-refractivity contribution in [3.63, 3.8) is 0 Å². The van der Waals surface area contributed by atoms with Crippen LogP contribution < -0.4 is 5.32 Å². The maximum absolute atomic E-state index is 11.2. The van der Waals surface area contributed by atoms with E-state index in [2.05, 4.69) is 14.8 Å². The van der Waals surface area contributed by atoms with Gasteiger partial charge in [0.2, 0.25) is 0 Å². The Hall–Kier alpha value is -2.30. The van der Waals surface area contributed by atoms with Crippen molar-refractivity contribution in [2.24, 2.45) is 0 Å². The van der Waals surface area contributed by atoms with Crippen LogP contribution in [0.3, 0.4) is 0 Å². The summed E-state index contributed by atoms with van der Waals surface area (Å²) in [5, 5.41) is 2.97. The third-order valence-corrected chi connectivity index (χ3v) is 2.13. The Morgan fingerprint density at radius 3 is 2.39 bits per heavy atom. The number of anilines is 1. The molecule has 0 aliphatic heterocycles. The minimum atomic E-state index is -0.530. The van der Waals surface area contributed by atoms with E-state index in [-0.39, 0.29) is 6.42 Å². The molecule has 0 saturated carbocycles. The summed E-state index contributed by atoms with van der Waals surface area (Å²) in [7, 11) is 2.57. The lowest BCUT2D eigenvalue weighted by atomic mass is 10.2. The lowest BCUT2D eigenvalue weighted by Crippen LogP contribution is -2.10. The second-order valence-electron chi connectivity index (χ2n) is 3.44. The summed E-state index contributed by atoms with van der Waals surface area (Å²) in [5.41, 5.74) is 1.19. The van der Waals surface area contributed by atoms with Crippen LogP contribution in [0.1, 0.15) is 6.42 Å². The molecule has 96 valence electrons. The van der Waals surface area contributed by atoms with Gasteiger partial charge in [0.05, 0.1) is 20.6 Å². The molecule has 5 nitrogen and oxygen atoms in total. The number of carbonyl (C=O) groups excluding carboxylic acids is 2. The molecule has 0 fully saturated rings. The van der Waals surface area contributed by atoms with Crippen molar-refractivity contribution in [2.45, 2.75) is 6.42 Å². The number of rotatable bonds is 5. The van der Waals surface area contributed by atoms with Gasteiger partial charge in [-0.3, -0.25) is 4.79 Å². The Bertz CT molecular complexity index is 440. The van der Waals surface area contributed by atoms with Crippen molar-refractivity contribution >= 4 is 17.6 Å². The van der Waals surface area contributed by atoms with Gasteiger partial charge in [-0.15, -0.1) is 0 Å². The molecule has 0 aliphatic carbocycles. The van der Waals surface area contributed by atoms with Crippen molar-refractivity contribution in [2.75, 3.05) is 19.5 Å². The second-order valence-corrected chi connectivity index (χ2v) is 3.44. The van der Waals surface area contributed by atoms with Gasteiger partial charge in [-0.05, 0) is 12.1 Å². The van der Waals surface area contributed by atoms with Gasteiger partial charge in [-0.2, -0.15) is 0 Å². The first-order chi connectivity index (χ1) is 8.65. The maximum Gasteiger partial charge on any atom is 0.332 e. The number of esters is 2. The fraction of sp³-hybridized carbons (Fsp3) is 0.231. The minimum Gasteiger partial charge on any atom is -0.469 e. The monoisotopic (exact) mass is 249 g/mol. The van der Waals surface area contributed by atoms with E-state index in [1.165, 1.54) is 20.3 Å². The van der Waals surface area contributed by atoms with Crippen LogP contribution in [-0.4, -0.2) is 26.2 Å². The molecule has 0 radical (unpaired) electrons. The van der Waals surface area contributed by atoms with Crippen molar-refractivity contribution in [3.8, 4) is 0 Å². The summed E-state index contributed by atoms with van der Waals surface area (Å²) in [6, 6.07) is 9.20. The first-order valence-corrected chi connectivity index (χ1v) is 5.33. The molecule has 0 aromatic heterocycles. The Morgan fingerprint density at radius 2 is 1.83 bits per heavy atom. The maximum atomic E-state index is 11.2. The van der Waals surface area contributed by atoms with E-state index in [4.69, 9.17) is 0 Å². The molecule has 0 bridgehead atoms. The molecule has 1 aromatic carbocycles. The van der Waals surface area contributed by atoms with Crippen LogP contribution in [0.5, 0.6) is 0 Å². The number of ether oxygens (including phenoxy) is 2.